The van der Waals surface area contributed by atoms with E-state index >= 15 is 0 Å². The van der Waals surface area contributed by atoms with Crippen molar-refractivity contribution in [3.05, 3.63) is 54.1 Å². The highest BCUT2D eigenvalue weighted by Crippen LogP contribution is 2.32. The number of nitriles is 1. The number of nitrogens with zero attached hydrogens (tertiary/aromatic N) is 4. The van der Waals surface area contributed by atoms with Crippen LogP contribution in [0.1, 0.15) is 32.8 Å². The largest absolute Gasteiger partial charge is 0.486 e. The number of anilines is 2. The van der Waals surface area contributed by atoms with Crippen molar-refractivity contribution in [2.24, 2.45) is 0 Å². The number of benzene rings is 2. The fourth-order valence-corrected chi connectivity index (χ4v) is 4.66. The average molecular weight is 448 g/mol. The first-order chi connectivity index (χ1) is 15.9. The molecule has 2 fully saturated rings. The summed E-state index contributed by atoms with van der Waals surface area (Å²) < 4.78 is 6.20. The van der Waals surface area contributed by atoms with E-state index in [0.29, 0.717) is 30.4 Å². The van der Waals surface area contributed by atoms with Crippen molar-refractivity contribution in [2.45, 2.75) is 38.8 Å². The summed E-state index contributed by atoms with van der Waals surface area (Å²) in [6.07, 6.45) is 0.749. The molecule has 0 bridgehead atoms. The summed E-state index contributed by atoms with van der Waals surface area (Å²) in [5.41, 5.74) is 1.55. The Labute approximate surface area is 196 Å². The molecule has 2 aromatic rings. The van der Waals surface area contributed by atoms with Crippen LogP contribution in [0.3, 0.4) is 0 Å². The lowest BCUT2D eigenvalue weighted by atomic mass is 10.1. The SMILES string of the molecule is CC(C)N1CCN(c2cccc(C#N)c2NC(=O)N2CC[C@](C)(Oc3ccccc3)C2)CC1. The second-order valence-corrected chi connectivity index (χ2v) is 9.39. The molecule has 2 amide bonds. The van der Waals surface area contributed by atoms with Gasteiger partial charge in [-0.15, -0.1) is 0 Å². The van der Waals surface area contributed by atoms with Crippen LogP contribution in [-0.2, 0) is 0 Å². The normalized spacial score (nSPS) is 21.2. The van der Waals surface area contributed by atoms with Crippen LogP contribution in [0.5, 0.6) is 5.75 Å². The van der Waals surface area contributed by atoms with E-state index in [1.54, 1.807) is 11.0 Å². The van der Waals surface area contributed by atoms with Crippen molar-refractivity contribution in [3.8, 4) is 11.8 Å². The maximum absolute atomic E-state index is 13.2. The lowest BCUT2D eigenvalue weighted by Crippen LogP contribution is -2.49. The zero-order chi connectivity index (χ0) is 23.4. The molecule has 33 heavy (non-hydrogen) atoms. The average Bonchev–Trinajstić information content (AvgIpc) is 3.21. The monoisotopic (exact) mass is 447 g/mol. The van der Waals surface area contributed by atoms with Crippen LogP contribution in [0.4, 0.5) is 16.2 Å². The number of ether oxygens (including phenoxy) is 1. The molecule has 0 unspecified atom stereocenters. The molecular formula is C26H33N5O2. The lowest BCUT2D eigenvalue weighted by molar-refractivity contribution is 0.100. The van der Waals surface area contributed by atoms with Crippen molar-refractivity contribution in [3.63, 3.8) is 0 Å². The zero-order valence-corrected chi connectivity index (χ0v) is 19.8. The third kappa shape index (κ3) is 5.23. The minimum absolute atomic E-state index is 0.194. The second kappa shape index (κ2) is 9.72. The van der Waals surface area contributed by atoms with Crippen LogP contribution in [-0.4, -0.2) is 66.7 Å². The van der Waals surface area contributed by atoms with Gasteiger partial charge in [-0.3, -0.25) is 4.90 Å². The Morgan fingerprint density at radius 1 is 1.06 bits per heavy atom. The van der Waals surface area contributed by atoms with Gasteiger partial charge in [-0.1, -0.05) is 24.3 Å². The van der Waals surface area contributed by atoms with Crippen molar-refractivity contribution in [1.82, 2.24) is 9.80 Å². The van der Waals surface area contributed by atoms with Gasteiger partial charge in [0.25, 0.3) is 0 Å². The number of amides is 2. The van der Waals surface area contributed by atoms with Crippen LogP contribution >= 0.6 is 0 Å². The summed E-state index contributed by atoms with van der Waals surface area (Å²) >= 11 is 0. The smallest absolute Gasteiger partial charge is 0.322 e. The minimum Gasteiger partial charge on any atom is -0.486 e. The van der Waals surface area contributed by atoms with E-state index in [1.165, 1.54) is 0 Å². The molecule has 4 rings (SSSR count). The first kappa shape index (κ1) is 22.9. The molecule has 2 saturated heterocycles. The van der Waals surface area contributed by atoms with Crippen molar-refractivity contribution in [1.29, 1.82) is 5.26 Å². The molecule has 7 heteroatoms. The molecule has 2 aliphatic heterocycles. The van der Waals surface area contributed by atoms with Crippen molar-refractivity contribution >= 4 is 17.4 Å². The van der Waals surface area contributed by atoms with Gasteiger partial charge in [0, 0.05) is 45.2 Å². The molecule has 7 nitrogen and oxygen atoms in total. The summed E-state index contributed by atoms with van der Waals surface area (Å²) in [5, 5.41) is 12.8. The Kier molecular flexibility index (Phi) is 6.75. The van der Waals surface area contributed by atoms with E-state index < -0.39 is 5.60 Å². The Morgan fingerprint density at radius 2 is 1.79 bits per heavy atom. The zero-order valence-electron chi connectivity index (χ0n) is 19.8. The van der Waals surface area contributed by atoms with E-state index in [-0.39, 0.29) is 6.03 Å². The number of rotatable bonds is 5. The first-order valence-corrected chi connectivity index (χ1v) is 11.7. The highest BCUT2D eigenvalue weighted by Gasteiger charge is 2.38. The number of carbonyl (C=O) groups excluding carboxylic acids is 1. The van der Waals surface area contributed by atoms with Crippen molar-refractivity contribution < 1.29 is 9.53 Å². The number of piperazine rings is 1. The molecule has 0 aliphatic carbocycles. The Hall–Kier alpha value is -3.24. The summed E-state index contributed by atoms with van der Waals surface area (Å²) in [6, 6.07) is 17.9. The number of nitrogens with one attached hydrogen (secondary N) is 1. The molecule has 2 heterocycles. The predicted octanol–water partition coefficient (Wildman–Crippen LogP) is 4.16. The Morgan fingerprint density at radius 3 is 2.45 bits per heavy atom. The topological polar surface area (TPSA) is 71.8 Å². The van der Waals surface area contributed by atoms with Gasteiger partial charge in [-0.05, 0) is 45.0 Å². The molecule has 0 spiro atoms. The van der Waals surface area contributed by atoms with Gasteiger partial charge in [0.05, 0.1) is 23.5 Å². The molecule has 0 saturated carbocycles. The standard InChI is InChI=1S/C26H33N5O2/c1-20(2)29-14-16-30(17-15-29)23-11-7-8-21(18-27)24(23)28-25(32)31-13-12-26(3,19-31)33-22-9-5-4-6-10-22/h4-11,20H,12-17,19H2,1-3H3,(H,28,32)/t26-/m0/s1. The number of hydrogen-bond donors (Lipinski definition) is 1. The summed E-state index contributed by atoms with van der Waals surface area (Å²) in [6.45, 7) is 11.2. The highest BCUT2D eigenvalue weighted by atomic mass is 16.5. The molecule has 2 aliphatic rings. The lowest BCUT2D eigenvalue weighted by Gasteiger charge is -2.39. The molecule has 0 aromatic heterocycles. The predicted molar refractivity (Wildman–Crippen MR) is 131 cm³/mol. The molecular weight excluding hydrogens is 414 g/mol. The highest BCUT2D eigenvalue weighted by molar-refractivity contribution is 5.95. The van der Waals surface area contributed by atoms with E-state index in [2.05, 4.69) is 35.0 Å². The summed E-state index contributed by atoms with van der Waals surface area (Å²) in [5.74, 6) is 0.805. The van der Waals surface area contributed by atoms with E-state index in [4.69, 9.17) is 4.74 Å². The maximum atomic E-state index is 13.2. The third-order valence-corrected chi connectivity index (χ3v) is 6.61. The number of carbonyl (C=O) groups is 1. The van der Waals surface area contributed by atoms with Crippen LogP contribution < -0.4 is 15.0 Å². The van der Waals surface area contributed by atoms with Gasteiger partial charge in [0.15, 0.2) is 0 Å². The number of hydrogen-bond acceptors (Lipinski definition) is 5. The van der Waals surface area contributed by atoms with E-state index in [0.717, 1.165) is 44.0 Å². The Balaban J connectivity index is 1.46. The Bertz CT molecular complexity index is 1010. The van der Waals surface area contributed by atoms with Crippen LogP contribution in [0.2, 0.25) is 0 Å². The number of likely N-dealkylation sites (tertiary alicyclic amines) is 1. The summed E-state index contributed by atoms with van der Waals surface area (Å²) in [4.78, 5) is 19.7. The minimum atomic E-state index is -0.441. The van der Waals surface area contributed by atoms with Gasteiger partial charge in [0.2, 0.25) is 0 Å². The maximum Gasteiger partial charge on any atom is 0.322 e. The van der Waals surface area contributed by atoms with Gasteiger partial charge in [-0.2, -0.15) is 5.26 Å². The quantitative estimate of drug-likeness (QED) is 0.745. The van der Waals surface area contributed by atoms with Crippen LogP contribution in [0.15, 0.2) is 48.5 Å². The van der Waals surface area contributed by atoms with Crippen LogP contribution in [0, 0.1) is 11.3 Å². The fourth-order valence-electron chi connectivity index (χ4n) is 4.66. The number of urea groups is 1. The van der Waals surface area contributed by atoms with Crippen molar-refractivity contribution in [2.75, 3.05) is 49.5 Å². The van der Waals surface area contributed by atoms with Gasteiger partial charge in [-0.25, -0.2) is 4.79 Å². The first-order valence-electron chi connectivity index (χ1n) is 11.7. The molecule has 1 N–H and O–H groups in total. The van der Waals surface area contributed by atoms with Gasteiger partial charge in [0.1, 0.15) is 17.4 Å². The fraction of sp³-hybridized carbons (Fsp3) is 0.462. The number of para-hydroxylation sites is 2. The summed E-state index contributed by atoms with van der Waals surface area (Å²) in [7, 11) is 0. The van der Waals surface area contributed by atoms with Gasteiger partial charge < -0.3 is 19.9 Å². The molecule has 1 atom stereocenters. The second-order valence-electron chi connectivity index (χ2n) is 9.39. The van der Waals surface area contributed by atoms with Crippen LogP contribution in [0.25, 0.3) is 0 Å². The van der Waals surface area contributed by atoms with E-state index in [9.17, 15) is 10.1 Å². The van der Waals surface area contributed by atoms with E-state index in [1.807, 2.05) is 49.4 Å². The molecule has 2 aromatic carbocycles. The molecule has 0 radical (unpaired) electrons. The molecule has 174 valence electrons. The van der Waals surface area contributed by atoms with Gasteiger partial charge >= 0.3 is 6.03 Å². The third-order valence-electron chi connectivity index (χ3n) is 6.61.